The smallest absolute Gasteiger partial charge is 0.335 e. The Morgan fingerprint density at radius 2 is 1.85 bits per heavy atom. The van der Waals surface area contributed by atoms with E-state index < -0.39 is 5.97 Å². The fraction of sp³-hybridized carbons (Fsp3) is 0.176. The van der Waals surface area contributed by atoms with Crippen molar-refractivity contribution in [1.29, 1.82) is 5.26 Å². The highest BCUT2D eigenvalue weighted by Crippen LogP contribution is 2.23. The van der Waals surface area contributed by atoms with E-state index >= 15 is 0 Å². The minimum absolute atomic E-state index is 0.216. The van der Waals surface area contributed by atoms with Crippen molar-refractivity contribution in [3.8, 4) is 6.07 Å². The van der Waals surface area contributed by atoms with E-state index in [1.54, 1.807) is 24.3 Å². The van der Waals surface area contributed by atoms with Gasteiger partial charge in [-0.25, -0.2) is 4.79 Å². The quantitative estimate of drug-likeness (QED) is 0.919. The van der Waals surface area contributed by atoms with Gasteiger partial charge in [0.15, 0.2) is 0 Å². The summed E-state index contributed by atoms with van der Waals surface area (Å²) in [6, 6.07) is 16.9. The van der Waals surface area contributed by atoms with Gasteiger partial charge in [-0.15, -0.1) is 0 Å². The average molecular weight is 265 g/mol. The molecule has 2 aromatic carbocycles. The van der Waals surface area contributed by atoms with Gasteiger partial charge in [0.2, 0.25) is 0 Å². The van der Waals surface area contributed by atoms with Crippen LogP contribution in [-0.4, -0.2) is 11.1 Å². The molecular weight excluding hydrogens is 250 g/mol. The number of carboxylic acid groups (broad SMARTS) is 1. The zero-order valence-electron chi connectivity index (χ0n) is 11.2. The predicted molar refractivity (Wildman–Crippen MR) is 76.6 cm³/mol. The number of hydrogen-bond donors (Lipinski definition) is 1. The van der Waals surface area contributed by atoms with Gasteiger partial charge in [-0.1, -0.05) is 36.4 Å². The molecule has 2 aromatic rings. The fourth-order valence-electron chi connectivity index (χ4n) is 2.22. The first-order valence-electron chi connectivity index (χ1n) is 6.39. The van der Waals surface area contributed by atoms with Crippen LogP contribution in [0.15, 0.2) is 48.5 Å². The van der Waals surface area contributed by atoms with Gasteiger partial charge in [0.05, 0.1) is 17.6 Å². The number of nitriles is 1. The summed E-state index contributed by atoms with van der Waals surface area (Å²) in [6.45, 7) is 1.99. The van der Waals surface area contributed by atoms with Crippen molar-refractivity contribution in [2.24, 2.45) is 0 Å². The normalized spacial score (nSPS) is 11.6. The Balaban J connectivity index is 2.21. The highest BCUT2D eigenvalue weighted by atomic mass is 16.4. The number of carboxylic acids is 1. The van der Waals surface area contributed by atoms with Gasteiger partial charge in [0.1, 0.15) is 0 Å². The van der Waals surface area contributed by atoms with Gasteiger partial charge in [-0.05, 0) is 42.2 Å². The molecule has 1 N–H and O–H groups in total. The lowest BCUT2D eigenvalue weighted by molar-refractivity contribution is 0.0697. The summed E-state index contributed by atoms with van der Waals surface area (Å²) >= 11 is 0. The second-order valence-electron chi connectivity index (χ2n) is 4.74. The maximum atomic E-state index is 10.8. The molecule has 0 amide bonds. The third-order valence-electron chi connectivity index (χ3n) is 3.36. The van der Waals surface area contributed by atoms with E-state index in [9.17, 15) is 10.1 Å². The molecule has 0 spiro atoms. The van der Waals surface area contributed by atoms with E-state index in [2.05, 4.69) is 6.07 Å². The van der Waals surface area contributed by atoms with Gasteiger partial charge in [-0.2, -0.15) is 5.26 Å². The molecule has 1 unspecified atom stereocenters. The Morgan fingerprint density at radius 3 is 2.40 bits per heavy atom. The number of hydrogen-bond acceptors (Lipinski definition) is 2. The van der Waals surface area contributed by atoms with Gasteiger partial charge in [-0.3, -0.25) is 0 Å². The SMILES string of the molecule is Cc1ccccc1C(C#N)Cc1ccc(C(=O)O)cc1. The second-order valence-corrected chi connectivity index (χ2v) is 4.74. The van der Waals surface area contributed by atoms with Gasteiger partial charge in [0.25, 0.3) is 0 Å². The Bertz CT molecular complexity index is 653. The molecule has 0 radical (unpaired) electrons. The summed E-state index contributed by atoms with van der Waals surface area (Å²) in [6.07, 6.45) is 0.585. The number of aromatic carboxylic acids is 1. The molecule has 0 aliphatic carbocycles. The number of rotatable bonds is 4. The highest BCUT2D eigenvalue weighted by Gasteiger charge is 2.13. The molecule has 0 saturated heterocycles. The minimum Gasteiger partial charge on any atom is -0.478 e. The lowest BCUT2D eigenvalue weighted by atomic mass is 9.90. The van der Waals surface area contributed by atoms with Crippen molar-refractivity contribution in [3.63, 3.8) is 0 Å². The van der Waals surface area contributed by atoms with E-state index in [-0.39, 0.29) is 11.5 Å². The molecule has 0 aromatic heterocycles. The topological polar surface area (TPSA) is 61.1 Å². The van der Waals surface area contributed by atoms with Crippen molar-refractivity contribution in [2.75, 3.05) is 0 Å². The predicted octanol–water partition coefficient (Wildman–Crippen LogP) is 3.54. The number of nitrogens with zero attached hydrogens (tertiary/aromatic N) is 1. The average Bonchev–Trinajstić information content (AvgIpc) is 2.46. The fourth-order valence-corrected chi connectivity index (χ4v) is 2.22. The van der Waals surface area contributed by atoms with Crippen LogP contribution >= 0.6 is 0 Å². The molecule has 0 aliphatic heterocycles. The summed E-state index contributed by atoms with van der Waals surface area (Å²) in [7, 11) is 0. The molecule has 3 heteroatoms. The van der Waals surface area contributed by atoms with Crippen LogP contribution in [0.2, 0.25) is 0 Å². The van der Waals surface area contributed by atoms with Crippen LogP contribution in [0, 0.1) is 18.3 Å². The van der Waals surface area contributed by atoms with Crippen LogP contribution in [0.4, 0.5) is 0 Å². The van der Waals surface area contributed by atoms with Crippen LogP contribution < -0.4 is 0 Å². The maximum Gasteiger partial charge on any atom is 0.335 e. The van der Waals surface area contributed by atoms with E-state index in [1.165, 1.54) is 0 Å². The zero-order valence-corrected chi connectivity index (χ0v) is 11.2. The number of carbonyl (C=O) groups is 1. The largest absolute Gasteiger partial charge is 0.478 e. The Hall–Kier alpha value is -2.60. The zero-order chi connectivity index (χ0) is 14.5. The Morgan fingerprint density at radius 1 is 1.20 bits per heavy atom. The number of benzene rings is 2. The molecule has 0 bridgehead atoms. The van der Waals surface area contributed by atoms with Crippen LogP contribution in [0.3, 0.4) is 0 Å². The van der Waals surface area contributed by atoms with E-state index in [4.69, 9.17) is 5.11 Å². The molecular formula is C17H15NO2. The molecule has 0 aliphatic rings. The van der Waals surface area contributed by atoms with Gasteiger partial charge in [0, 0.05) is 0 Å². The van der Waals surface area contributed by atoms with Crippen LogP contribution in [0.1, 0.15) is 33.0 Å². The van der Waals surface area contributed by atoms with Crippen LogP contribution in [0.5, 0.6) is 0 Å². The monoisotopic (exact) mass is 265 g/mol. The number of aryl methyl sites for hydroxylation is 1. The summed E-state index contributed by atoms with van der Waals surface area (Å²) in [4.78, 5) is 10.8. The van der Waals surface area contributed by atoms with Crippen LogP contribution in [0.25, 0.3) is 0 Å². The highest BCUT2D eigenvalue weighted by molar-refractivity contribution is 5.87. The summed E-state index contributed by atoms with van der Waals surface area (Å²) < 4.78 is 0. The summed E-state index contributed by atoms with van der Waals surface area (Å²) in [5, 5.41) is 18.2. The third kappa shape index (κ3) is 3.04. The Labute approximate surface area is 118 Å². The first kappa shape index (κ1) is 13.8. The maximum absolute atomic E-state index is 10.8. The van der Waals surface area contributed by atoms with E-state index in [0.717, 1.165) is 16.7 Å². The van der Waals surface area contributed by atoms with Crippen molar-refractivity contribution in [3.05, 3.63) is 70.8 Å². The molecule has 1 atom stereocenters. The van der Waals surface area contributed by atoms with E-state index in [0.29, 0.717) is 6.42 Å². The summed E-state index contributed by atoms with van der Waals surface area (Å²) in [5.41, 5.74) is 3.35. The molecule has 20 heavy (non-hydrogen) atoms. The van der Waals surface area contributed by atoms with Crippen LogP contribution in [-0.2, 0) is 6.42 Å². The third-order valence-corrected chi connectivity index (χ3v) is 3.36. The van der Waals surface area contributed by atoms with Gasteiger partial charge >= 0.3 is 5.97 Å². The van der Waals surface area contributed by atoms with E-state index in [1.807, 2.05) is 31.2 Å². The van der Waals surface area contributed by atoms with Crippen molar-refractivity contribution < 1.29 is 9.90 Å². The lowest BCUT2D eigenvalue weighted by Gasteiger charge is -2.12. The summed E-state index contributed by atoms with van der Waals surface area (Å²) in [5.74, 6) is -1.15. The van der Waals surface area contributed by atoms with Crippen molar-refractivity contribution >= 4 is 5.97 Å². The molecule has 2 rings (SSSR count). The van der Waals surface area contributed by atoms with Gasteiger partial charge < -0.3 is 5.11 Å². The minimum atomic E-state index is -0.938. The molecule has 0 fully saturated rings. The molecule has 0 saturated carbocycles. The standard InChI is InChI=1S/C17H15NO2/c1-12-4-2-3-5-16(12)15(11-18)10-13-6-8-14(9-7-13)17(19)20/h2-9,15H,10H2,1H3,(H,19,20). The first-order valence-corrected chi connectivity index (χ1v) is 6.39. The van der Waals surface area contributed by atoms with Crippen molar-refractivity contribution in [2.45, 2.75) is 19.3 Å². The second kappa shape index (κ2) is 6.03. The Kier molecular flexibility index (Phi) is 4.17. The lowest BCUT2D eigenvalue weighted by Crippen LogP contribution is -2.03. The van der Waals surface area contributed by atoms with Crippen molar-refractivity contribution in [1.82, 2.24) is 0 Å². The molecule has 100 valence electrons. The molecule has 3 nitrogen and oxygen atoms in total. The molecule has 0 heterocycles. The first-order chi connectivity index (χ1) is 9.61.